The number of allylic oxidation sites excluding steroid dienone is 1. The van der Waals surface area contributed by atoms with Crippen LogP contribution >= 0.6 is 12.4 Å². The van der Waals surface area contributed by atoms with Gasteiger partial charge < -0.3 is 5.32 Å². The van der Waals surface area contributed by atoms with E-state index in [9.17, 15) is 4.79 Å². The van der Waals surface area contributed by atoms with E-state index >= 15 is 0 Å². The number of ketones is 1. The van der Waals surface area contributed by atoms with Crippen molar-refractivity contribution in [2.24, 2.45) is 34.5 Å². The van der Waals surface area contributed by atoms with Crippen molar-refractivity contribution in [3.8, 4) is 0 Å². The van der Waals surface area contributed by atoms with Crippen LogP contribution in [0.2, 0.25) is 0 Å². The van der Waals surface area contributed by atoms with Gasteiger partial charge in [-0.25, -0.2) is 0 Å². The van der Waals surface area contributed by atoms with Crippen LogP contribution in [0.25, 0.3) is 0 Å². The Labute approximate surface area is 160 Å². The summed E-state index contributed by atoms with van der Waals surface area (Å²) in [5, 5.41) is 3.51. The van der Waals surface area contributed by atoms with E-state index in [0.717, 1.165) is 24.2 Å². The topological polar surface area (TPSA) is 29.1 Å². The normalized spacial score (nSPS) is 48.5. The van der Waals surface area contributed by atoms with E-state index in [-0.39, 0.29) is 17.8 Å². The van der Waals surface area contributed by atoms with Gasteiger partial charge in [0.25, 0.3) is 0 Å². The van der Waals surface area contributed by atoms with Crippen molar-refractivity contribution in [3.05, 3.63) is 11.6 Å². The Morgan fingerprint density at radius 1 is 1.12 bits per heavy atom. The highest BCUT2D eigenvalue weighted by molar-refractivity contribution is 5.85. The Kier molecular flexibility index (Phi) is 5.19. The summed E-state index contributed by atoms with van der Waals surface area (Å²) >= 11 is 0. The molecule has 4 rings (SSSR count). The first kappa shape index (κ1) is 19.4. The van der Waals surface area contributed by atoms with E-state index in [4.69, 9.17) is 0 Å². The molecule has 1 N–H and O–H groups in total. The number of hydrogen-bond acceptors (Lipinski definition) is 2. The van der Waals surface area contributed by atoms with Gasteiger partial charge in [-0.05, 0) is 93.9 Å². The minimum atomic E-state index is 0. The molecule has 3 saturated carbocycles. The van der Waals surface area contributed by atoms with E-state index in [1.54, 1.807) is 5.57 Å². The number of Topliss-reactive ketones (excluding diaryl/α,β-unsaturated/α-hetero) is 1. The lowest BCUT2D eigenvalue weighted by molar-refractivity contribution is -0.127. The zero-order chi connectivity index (χ0) is 17.1. The van der Waals surface area contributed by atoms with Gasteiger partial charge in [-0.3, -0.25) is 4.79 Å². The van der Waals surface area contributed by atoms with Crippen LogP contribution in [0.3, 0.4) is 0 Å². The SMILES string of the molecule is CN[C@@H]1CC[C@@]2(C)C(=CC[C@H]3[C@@H]4CC[C@H](C(C)=O)[C@@]4(C)CC[C@@H]32)C1.Cl. The number of halogens is 1. The first-order valence-electron chi connectivity index (χ1n) is 10.3. The molecule has 0 bridgehead atoms. The molecule has 4 aliphatic rings. The second-order valence-corrected chi connectivity index (χ2v) is 9.77. The fourth-order valence-electron chi connectivity index (χ4n) is 7.58. The lowest BCUT2D eigenvalue weighted by atomic mass is 9.47. The Morgan fingerprint density at radius 3 is 2.56 bits per heavy atom. The minimum Gasteiger partial charge on any atom is -0.317 e. The predicted octanol–water partition coefficient (Wildman–Crippen LogP) is 5.16. The Balaban J connectivity index is 0.00000182. The van der Waals surface area contributed by atoms with Gasteiger partial charge in [0.05, 0.1) is 0 Å². The Hall–Kier alpha value is -0.340. The van der Waals surface area contributed by atoms with Gasteiger partial charge >= 0.3 is 0 Å². The van der Waals surface area contributed by atoms with Gasteiger partial charge in [-0.2, -0.15) is 0 Å². The van der Waals surface area contributed by atoms with Gasteiger partial charge in [-0.1, -0.05) is 25.5 Å². The van der Waals surface area contributed by atoms with Crippen LogP contribution in [0, 0.1) is 34.5 Å². The molecule has 3 heteroatoms. The van der Waals surface area contributed by atoms with Crippen LogP contribution in [-0.4, -0.2) is 18.9 Å². The second-order valence-electron chi connectivity index (χ2n) is 9.77. The molecule has 0 spiro atoms. The third kappa shape index (κ3) is 2.74. The highest BCUT2D eigenvalue weighted by Gasteiger charge is 2.59. The maximum Gasteiger partial charge on any atom is 0.133 e. The summed E-state index contributed by atoms with van der Waals surface area (Å²) in [5.41, 5.74) is 2.47. The summed E-state index contributed by atoms with van der Waals surface area (Å²) in [4.78, 5) is 12.2. The van der Waals surface area contributed by atoms with E-state index in [2.05, 4.69) is 32.3 Å². The second kappa shape index (κ2) is 6.68. The van der Waals surface area contributed by atoms with E-state index < -0.39 is 0 Å². The molecule has 0 radical (unpaired) electrons. The van der Waals surface area contributed by atoms with Crippen molar-refractivity contribution in [2.45, 2.75) is 78.2 Å². The van der Waals surface area contributed by atoms with Crippen LogP contribution in [0.15, 0.2) is 11.6 Å². The number of fused-ring (bicyclic) bond motifs is 5. The maximum absolute atomic E-state index is 12.2. The molecule has 7 atom stereocenters. The zero-order valence-corrected chi connectivity index (χ0v) is 17.3. The van der Waals surface area contributed by atoms with Gasteiger partial charge in [0.2, 0.25) is 0 Å². The van der Waals surface area contributed by atoms with Crippen molar-refractivity contribution < 1.29 is 4.79 Å². The summed E-state index contributed by atoms with van der Waals surface area (Å²) in [6.07, 6.45) is 12.9. The van der Waals surface area contributed by atoms with Gasteiger partial charge in [0, 0.05) is 12.0 Å². The van der Waals surface area contributed by atoms with Crippen LogP contribution in [0.5, 0.6) is 0 Å². The average Bonchev–Trinajstić information content (AvgIpc) is 2.91. The summed E-state index contributed by atoms with van der Waals surface area (Å²) in [6, 6.07) is 0.684. The molecule has 0 aromatic carbocycles. The molecular weight excluding hydrogens is 330 g/mol. The largest absolute Gasteiger partial charge is 0.317 e. The number of hydrogen-bond donors (Lipinski definition) is 1. The standard InChI is InChI=1S/C22H35NO.ClH/c1-14(24)18-7-8-19-17-6-5-15-13-16(23-4)9-11-21(15,2)20(17)10-12-22(18,19)3;/h5,16-20,23H,6-13H2,1-4H3;1H/t16-,17+,18-,19+,20+,21+,22-;/m1./s1. The third-order valence-corrected chi connectivity index (χ3v) is 9.00. The zero-order valence-electron chi connectivity index (χ0n) is 16.4. The lowest BCUT2D eigenvalue weighted by Crippen LogP contribution is -2.51. The van der Waals surface area contributed by atoms with Crippen molar-refractivity contribution >= 4 is 18.2 Å². The molecule has 3 fully saturated rings. The summed E-state index contributed by atoms with van der Waals surface area (Å²) < 4.78 is 0. The quantitative estimate of drug-likeness (QED) is 0.684. The molecular formula is C22H36ClNO. The average molecular weight is 366 g/mol. The van der Waals surface area contributed by atoms with Gasteiger partial charge in [0.15, 0.2) is 0 Å². The highest BCUT2D eigenvalue weighted by Crippen LogP contribution is 2.66. The highest BCUT2D eigenvalue weighted by atomic mass is 35.5. The van der Waals surface area contributed by atoms with Crippen molar-refractivity contribution in [1.82, 2.24) is 5.32 Å². The number of carbonyl (C=O) groups excluding carboxylic acids is 1. The molecule has 0 aromatic rings. The Morgan fingerprint density at radius 2 is 1.88 bits per heavy atom. The summed E-state index contributed by atoms with van der Waals surface area (Å²) in [5.74, 6) is 3.25. The van der Waals surface area contributed by atoms with Crippen molar-refractivity contribution in [3.63, 3.8) is 0 Å². The molecule has 4 aliphatic carbocycles. The monoisotopic (exact) mass is 365 g/mol. The summed E-state index contributed by atoms with van der Waals surface area (Å²) in [6.45, 7) is 6.86. The molecule has 0 amide bonds. The van der Waals surface area contributed by atoms with Gasteiger partial charge in [-0.15, -0.1) is 12.4 Å². The van der Waals surface area contributed by atoms with Gasteiger partial charge in [0.1, 0.15) is 5.78 Å². The van der Waals surface area contributed by atoms with Crippen LogP contribution in [0.4, 0.5) is 0 Å². The van der Waals surface area contributed by atoms with Crippen molar-refractivity contribution in [1.29, 1.82) is 0 Å². The molecule has 0 aliphatic heterocycles. The van der Waals surface area contributed by atoms with Crippen LogP contribution in [0.1, 0.15) is 72.1 Å². The molecule has 142 valence electrons. The summed E-state index contributed by atoms with van der Waals surface area (Å²) in [7, 11) is 2.12. The number of nitrogens with one attached hydrogen (secondary N) is 1. The third-order valence-electron chi connectivity index (χ3n) is 9.00. The first-order valence-corrected chi connectivity index (χ1v) is 10.3. The van der Waals surface area contributed by atoms with E-state index in [0.29, 0.717) is 23.2 Å². The smallest absolute Gasteiger partial charge is 0.133 e. The molecule has 0 aromatic heterocycles. The van der Waals surface area contributed by atoms with E-state index in [1.807, 2.05) is 6.92 Å². The maximum atomic E-state index is 12.2. The number of rotatable bonds is 2. The molecule has 2 nitrogen and oxygen atoms in total. The molecule has 0 saturated heterocycles. The molecule has 25 heavy (non-hydrogen) atoms. The molecule has 0 unspecified atom stereocenters. The number of carbonyl (C=O) groups is 1. The fraction of sp³-hybridized carbons (Fsp3) is 0.864. The Bertz CT molecular complexity index is 572. The lowest BCUT2D eigenvalue weighted by Gasteiger charge is -2.58. The van der Waals surface area contributed by atoms with E-state index in [1.165, 1.54) is 44.9 Å². The van der Waals surface area contributed by atoms with Crippen molar-refractivity contribution in [2.75, 3.05) is 7.05 Å². The predicted molar refractivity (Wildman–Crippen MR) is 106 cm³/mol. The minimum absolute atomic E-state index is 0. The molecule has 0 heterocycles. The van der Waals surface area contributed by atoms with Crippen LogP contribution < -0.4 is 5.32 Å². The first-order chi connectivity index (χ1) is 11.4. The fourth-order valence-corrected chi connectivity index (χ4v) is 7.58. The van der Waals surface area contributed by atoms with Crippen LogP contribution in [-0.2, 0) is 4.79 Å².